The highest BCUT2D eigenvalue weighted by atomic mass is 16.7. The van der Waals surface area contributed by atoms with E-state index in [4.69, 9.17) is 24.8 Å². The molecule has 0 saturated carbocycles. The number of nitrogens with two attached hydrogens (primary N) is 1. The number of carbonyl (C=O) groups excluding carboxylic acids is 6. The van der Waals surface area contributed by atoms with E-state index in [1.807, 2.05) is 6.92 Å². The zero-order chi connectivity index (χ0) is 55.5. The molecule has 0 radical (unpaired) electrons. The molecule has 0 aromatic heterocycles. The number of urea groups is 1. The van der Waals surface area contributed by atoms with Crippen molar-refractivity contribution in [3.05, 3.63) is 29.8 Å². The molecule has 1 aliphatic rings. The smallest absolute Gasteiger partial charge is 0.407 e. The molecule has 0 spiro atoms. The monoisotopic (exact) mass is 1070 g/mol. The number of carbonyl (C=O) groups is 6. The summed E-state index contributed by atoms with van der Waals surface area (Å²) in [5, 5.41) is 69.1. The highest BCUT2D eigenvalue weighted by molar-refractivity contribution is 5.97. The quantitative estimate of drug-likeness (QED) is 0.0249. The van der Waals surface area contributed by atoms with Gasteiger partial charge in [0.15, 0.2) is 18.7 Å². The van der Waals surface area contributed by atoms with E-state index >= 15 is 0 Å². The van der Waals surface area contributed by atoms with Crippen molar-refractivity contribution in [3.63, 3.8) is 0 Å². The lowest BCUT2D eigenvalue weighted by molar-refractivity contribution is -0.303. The van der Waals surface area contributed by atoms with Crippen LogP contribution in [0.25, 0.3) is 0 Å². The SMILES string of the molecule is CCCCCCCCCCCCCC[C@@H](C)[C@@H](O)C(CO[C@H]1OC(CO)[C@H](O)[C@H](O)C1O)NC(=O)OCc1ccc(NC(=O)[C@H](CCCNC(N)=O)CC(=O)[C@@H](NC(=O)CCC/C=N/OCC(=O)NC)C(C)C)cc1. The van der Waals surface area contributed by atoms with Gasteiger partial charge >= 0.3 is 12.1 Å². The third kappa shape index (κ3) is 27.6. The van der Waals surface area contributed by atoms with Crippen LogP contribution in [0.4, 0.5) is 15.3 Å². The van der Waals surface area contributed by atoms with Crippen LogP contribution in [0.2, 0.25) is 0 Å². The summed E-state index contributed by atoms with van der Waals surface area (Å²) >= 11 is 0. The first kappa shape index (κ1) is 66.1. The van der Waals surface area contributed by atoms with Crippen LogP contribution >= 0.6 is 0 Å². The van der Waals surface area contributed by atoms with Crippen molar-refractivity contribution >= 4 is 47.5 Å². The van der Waals surface area contributed by atoms with Crippen molar-refractivity contribution in [1.82, 2.24) is 21.3 Å². The Balaban J connectivity index is 2.04. The summed E-state index contributed by atoms with van der Waals surface area (Å²) in [6, 6.07) is 3.77. The fourth-order valence-corrected chi connectivity index (χ4v) is 8.52. The van der Waals surface area contributed by atoms with Gasteiger partial charge in [-0.25, -0.2) is 9.59 Å². The number of hydrogen-bond donors (Lipinski definition) is 11. The third-order valence-electron chi connectivity index (χ3n) is 13.2. The Morgan fingerprint density at radius 1 is 0.813 bits per heavy atom. The Labute approximate surface area is 443 Å². The predicted molar refractivity (Wildman–Crippen MR) is 282 cm³/mol. The van der Waals surface area contributed by atoms with E-state index in [0.29, 0.717) is 36.9 Å². The number of alkyl carbamates (subject to hydrolysis) is 1. The molecule has 0 aliphatic carbocycles. The minimum absolute atomic E-state index is 0.0956. The van der Waals surface area contributed by atoms with Crippen LogP contribution in [0, 0.1) is 17.8 Å². The van der Waals surface area contributed by atoms with Crippen LogP contribution in [-0.2, 0) is 44.8 Å². The summed E-state index contributed by atoms with van der Waals surface area (Å²) in [7, 11) is 1.47. The molecule has 1 aromatic carbocycles. The first-order valence-corrected chi connectivity index (χ1v) is 27.0. The molecule has 10 atom stereocenters. The summed E-state index contributed by atoms with van der Waals surface area (Å²) < 4.78 is 16.8. The highest BCUT2D eigenvalue weighted by Crippen LogP contribution is 2.25. The summed E-state index contributed by atoms with van der Waals surface area (Å²) in [5.41, 5.74) is 6.14. The van der Waals surface area contributed by atoms with Gasteiger partial charge < -0.3 is 76.9 Å². The van der Waals surface area contributed by atoms with Gasteiger partial charge in [-0.05, 0) is 61.6 Å². The number of hydrogen-bond acceptors (Lipinski definition) is 16. The third-order valence-corrected chi connectivity index (χ3v) is 13.2. The Morgan fingerprint density at radius 3 is 2.05 bits per heavy atom. The summed E-state index contributed by atoms with van der Waals surface area (Å²) in [4.78, 5) is 80.9. The largest absolute Gasteiger partial charge is 0.445 e. The number of benzene rings is 1. The molecule has 75 heavy (non-hydrogen) atoms. The minimum Gasteiger partial charge on any atom is -0.445 e. The first-order chi connectivity index (χ1) is 35.9. The van der Waals surface area contributed by atoms with E-state index < -0.39 is 79.4 Å². The molecule has 428 valence electrons. The molecule has 3 unspecified atom stereocenters. The first-order valence-electron chi connectivity index (χ1n) is 27.0. The number of Topliss-reactive ketones (excluding diaryl/α,β-unsaturated/α-hetero) is 1. The van der Waals surface area contributed by atoms with Crippen LogP contribution in [0.1, 0.15) is 155 Å². The number of aliphatic hydroxyl groups excluding tert-OH is 5. The van der Waals surface area contributed by atoms with Gasteiger partial charge in [-0.3, -0.25) is 19.2 Å². The van der Waals surface area contributed by atoms with Crippen LogP contribution in [-0.4, -0.2) is 150 Å². The maximum absolute atomic E-state index is 13.7. The van der Waals surface area contributed by atoms with E-state index in [1.165, 1.54) is 64.6 Å². The minimum atomic E-state index is -1.69. The topological polar surface area (TPSA) is 339 Å². The summed E-state index contributed by atoms with van der Waals surface area (Å²) in [6.07, 6.45) is 7.89. The molecule has 1 heterocycles. The molecule has 2 rings (SSSR count). The fraction of sp³-hybridized carbons (Fsp3) is 0.755. The Hall–Kier alpha value is -4.97. The van der Waals surface area contributed by atoms with Crippen molar-refractivity contribution in [1.29, 1.82) is 0 Å². The number of amides is 6. The van der Waals surface area contributed by atoms with E-state index in [0.717, 1.165) is 25.7 Å². The van der Waals surface area contributed by atoms with Crippen LogP contribution in [0.3, 0.4) is 0 Å². The van der Waals surface area contributed by atoms with Crippen LogP contribution in [0.15, 0.2) is 29.4 Å². The van der Waals surface area contributed by atoms with Crippen molar-refractivity contribution in [3.8, 4) is 0 Å². The lowest BCUT2D eigenvalue weighted by Gasteiger charge is -2.40. The molecule has 12 N–H and O–H groups in total. The Kier molecular flexibility index (Phi) is 34.0. The maximum atomic E-state index is 13.7. The van der Waals surface area contributed by atoms with Crippen LogP contribution < -0.4 is 32.3 Å². The molecular formula is C53H91N7O15. The number of primary amides is 1. The number of nitrogens with one attached hydrogen (secondary N) is 5. The number of ether oxygens (including phenoxy) is 3. The Bertz CT molecular complexity index is 1820. The van der Waals surface area contributed by atoms with Crippen molar-refractivity contribution in [2.24, 2.45) is 28.6 Å². The zero-order valence-electron chi connectivity index (χ0n) is 45.1. The number of rotatable bonds is 40. The summed E-state index contributed by atoms with van der Waals surface area (Å²) in [5.74, 6) is -2.94. The van der Waals surface area contributed by atoms with E-state index in [1.54, 1.807) is 38.1 Å². The Morgan fingerprint density at radius 2 is 1.45 bits per heavy atom. The number of aliphatic hydroxyl groups is 5. The van der Waals surface area contributed by atoms with Crippen molar-refractivity contribution in [2.45, 2.75) is 205 Å². The molecule has 22 heteroatoms. The number of unbranched alkanes of at least 4 members (excludes halogenated alkanes) is 12. The van der Waals surface area contributed by atoms with Crippen molar-refractivity contribution in [2.75, 3.05) is 38.7 Å². The lowest BCUT2D eigenvalue weighted by atomic mass is 9.89. The van der Waals surface area contributed by atoms with Gasteiger partial charge in [-0.15, -0.1) is 0 Å². The normalized spacial score (nSPS) is 19.6. The van der Waals surface area contributed by atoms with Gasteiger partial charge in [0.2, 0.25) is 11.8 Å². The van der Waals surface area contributed by atoms with Gasteiger partial charge in [0.25, 0.3) is 5.91 Å². The standard InChI is InChI=1S/C53H91N7O15/c1-6-7-8-9-10-11-12-13-14-15-16-17-21-36(4)46(65)40(33-72-51-49(68)48(67)47(66)42(31-61)75-51)59-53(71)73-32-37-24-26-39(27-25-37)58-50(69)38(22-20-28-56-52(54)70)30-41(62)45(35(2)3)60-43(63)23-18-19-29-57-74-34-44(64)55-5/h24-27,29,35-36,38,40,42,45-49,51,61,65-68H,6-23,28,30-34H2,1-5H3,(H,55,64)(H,58,69)(H,59,71)(H,60,63)(H3,54,56,70)/b57-29+/t36-,38-,40?,42?,45+,46-,47+,48+,49?,51+/m1/s1. The van der Waals surface area contributed by atoms with Crippen LogP contribution in [0.5, 0.6) is 0 Å². The van der Waals surface area contributed by atoms with Gasteiger partial charge in [0, 0.05) is 44.3 Å². The molecule has 1 aromatic rings. The number of anilines is 1. The number of ketones is 1. The molecule has 1 saturated heterocycles. The van der Waals surface area contributed by atoms with Gasteiger partial charge in [0.05, 0.1) is 31.4 Å². The molecular weight excluding hydrogens is 975 g/mol. The van der Waals surface area contributed by atoms with E-state index in [2.05, 4.69) is 38.7 Å². The predicted octanol–water partition coefficient (Wildman–Crippen LogP) is 4.21. The fourth-order valence-electron chi connectivity index (χ4n) is 8.52. The average molecular weight is 1070 g/mol. The molecule has 6 amide bonds. The molecule has 1 aliphatic heterocycles. The van der Waals surface area contributed by atoms with E-state index in [-0.39, 0.29) is 75.1 Å². The second kappa shape index (κ2) is 38.6. The number of oxime groups is 1. The summed E-state index contributed by atoms with van der Waals surface area (Å²) in [6.45, 7) is 6.34. The zero-order valence-corrected chi connectivity index (χ0v) is 45.1. The second-order valence-electron chi connectivity index (χ2n) is 19.9. The van der Waals surface area contributed by atoms with Gasteiger partial charge in [0.1, 0.15) is 31.0 Å². The molecule has 22 nitrogen and oxygen atoms in total. The average Bonchev–Trinajstić information content (AvgIpc) is 3.38. The number of nitrogens with zero attached hydrogens (tertiary/aromatic N) is 1. The second-order valence-corrected chi connectivity index (χ2v) is 19.9. The molecule has 0 bridgehead atoms. The van der Waals surface area contributed by atoms with E-state index in [9.17, 15) is 54.3 Å². The molecule has 1 fully saturated rings. The highest BCUT2D eigenvalue weighted by Gasteiger charge is 2.44. The number of likely N-dealkylation sites (N-methyl/N-ethyl adjacent to an activating group) is 1. The van der Waals surface area contributed by atoms with Gasteiger partial charge in [-0.2, -0.15) is 0 Å². The lowest BCUT2D eigenvalue weighted by Crippen LogP contribution is -2.60. The maximum Gasteiger partial charge on any atom is 0.407 e. The van der Waals surface area contributed by atoms with Gasteiger partial charge in [-0.1, -0.05) is 122 Å². The van der Waals surface area contributed by atoms with Crippen molar-refractivity contribution < 1.29 is 73.3 Å².